The number of nitrogens with zero attached hydrogens (tertiary/aromatic N) is 2. The van der Waals surface area contributed by atoms with Gasteiger partial charge in [0, 0.05) is 39.8 Å². The third-order valence-electron chi connectivity index (χ3n) is 4.97. The Morgan fingerprint density at radius 2 is 1.79 bits per heavy atom. The van der Waals surface area contributed by atoms with Crippen molar-refractivity contribution in [3.63, 3.8) is 0 Å². The quantitative estimate of drug-likeness (QED) is 0.488. The summed E-state index contributed by atoms with van der Waals surface area (Å²) in [5, 5.41) is 2.77. The molecule has 9 nitrogen and oxygen atoms in total. The van der Waals surface area contributed by atoms with Crippen LogP contribution in [0, 0.1) is 0 Å². The maximum Gasteiger partial charge on any atom is 0.279 e. The molecule has 0 bridgehead atoms. The van der Waals surface area contributed by atoms with Gasteiger partial charge >= 0.3 is 0 Å². The number of likely N-dealkylation sites (N-methyl/N-ethyl adjacent to an activating group) is 1. The van der Waals surface area contributed by atoms with Crippen molar-refractivity contribution in [3.05, 3.63) is 60.2 Å². The molecule has 1 amide bonds. The van der Waals surface area contributed by atoms with Crippen LogP contribution in [-0.2, 0) is 26.3 Å². The number of hydrogen-bond donors (Lipinski definition) is 2. The fourth-order valence-electron chi connectivity index (χ4n) is 3.15. The first kappa shape index (κ1) is 27.0. The molecule has 1 heterocycles. The van der Waals surface area contributed by atoms with Gasteiger partial charge in [0.2, 0.25) is 5.91 Å². The molecule has 0 aliphatic carbocycles. The zero-order valence-corrected chi connectivity index (χ0v) is 20.2. The number of benzene rings is 2. The van der Waals surface area contributed by atoms with Crippen molar-refractivity contribution < 1.29 is 22.7 Å². The second kappa shape index (κ2) is 13.5. The van der Waals surface area contributed by atoms with Gasteiger partial charge in [-0.25, -0.2) is 0 Å². The van der Waals surface area contributed by atoms with Crippen LogP contribution >= 0.6 is 12.4 Å². The minimum Gasteiger partial charge on any atom is -0.457 e. The van der Waals surface area contributed by atoms with Crippen LogP contribution in [0.3, 0.4) is 0 Å². The van der Waals surface area contributed by atoms with Gasteiger partial charge in [-0.2, -0.15) is 17.4 Å². The van der Waals surface area contributed by atoms with Crippen LogP contribution in [0.1, 0.15) is 5.56 Å². The van der Waals surface area contributed by atoms with E-state index in [9.17, 15) is 13.2 Å². The molecule has 2 aromatic carbocycles. The molecular weight excluding hydrogens is 468 g/mol. The van der Waals surface area contributed by atoms with Crippen LogP contribution in [0.15, 0.2) is 54.6 Å². The van der Waals surface area contributed by atoms with Gasteiger partial charge in [0.15, 0.2) is 0 Å². The molecule has 1 fully saturated rings. The molecule has 2 N–H and O–H groups in total. The van der Waals surface area contributed by atoms with E-state index in [-0.39, 0.29) is 31.4 Å². The summed E-state index contributed by atoms with van der Waals surface area (Å²) < 4.78 is 39.6. The first-order valence-corrected chi connectivity index (χ1v) is 12.0. The van der Waals surface area contributed by atoms with E-state index in [0.717, 1.165) is 23.0 Å². The summed E-state index contributed by atoms with van der Waals surface area (Å²) in [7, 11) is -2.44. The molecule has 0 unspecified atom stereocenters. The Balaban J connectivity index is 0.00000385. The summed E-state index contributed by atoms with van der Waals surface area (Å²) in [6.45, 7) is 4.08. The molecule has 0 radical (unpaired) electrons. The molecule has 3 rings (SSSR count). The fourth-order valence-corrected chi connectivity index (χ4v) is 4.01. The largest absolute Gasteiger partial charge is 0.457 e. The predicted octanol–water partition coefficient (Wildman–Crippen LogP) is 1.62. The van der Waals surface area contributed by atoms with E-state index in [2.05, 4.69) is 14.9 Å². The van der Waals surface area contributed by atoms with Gasteiger partial charge in [0.05, 0.1) is 19.8 Å². The Bertz CT molecular complexity index is 972. The molecule has 2 aromatic rings. The van der Waals surface area contributed by atoms with Gasteiger partial charge in [-0.3, -0.25) is 9.69 Å². The minimum absolute atomic E-state index is 0. The molecule has 1 aliphatic rings. The highest BCUT2D eigenvalue weighted by Crippen LogP contribution is 2.21. The molecular formula is C22H31ClN4O5S. The third-order valence-corrected chi connectivity index (χ3v) is 6.43. The number of rotatable bonds is 11. The number of hydrogen-bond acceptors (Lipinski definition) is 6. The summed E-state index contributed by atoms with van der Waals surface area (Å²) >= 11 is 0. The van der Waals surface area contributed by atoms with Crippen molar-refractivity contribution >= 4 is 28.5 Å². The predicted molar refractivity (Wildman–Crippen MR) is 129 cm³/mol. The molecule has 1 aliphatic heterocycles. The highest BCUT2D eigenvalue weighted by Gasteiger charge is 2.20. The molecule has 11 heteroatoms. The van der Waals surface area contributed by atoms with Gasteiger partial charge < -0.3 is 14.8 Å². The first-order chi connectivity index (χ1) is 15.4. The van der Waals surface area contributed by atoms with E-state index in [1.807, 2.05) is 30.3 Å². The number of halogens is 1. The molecule has 1 saturated heterocycles. The second-order valence-corrected chi connectivity index (χ2v) is 9.31. The summed E-state index contributed by atoms with van der Waals surface area (Å²) in [5.74, 6) is 0.967. The third kappa shape index (κ3) is 9.28. The Morgan fingerprint density at radius 1 is 1.09 bits per heavy atom. The van der Waals surface area contributed by atoms with E-state index < -0.39 is 10.2 Å². The van der Waals surface area contributed by atoms with Gasteiger partial charge in [0.25, 0.3) is 10.2 Å². The van der Waals surface area contributed by atoms with Crippen molar-refractivity contribution in [1.29, 1.82) is 0 Å². The summed E-state index contributed by atoms with van der Waals surface area (Å²) in [6.07, 6.45) is 0. The minimum atomic E-state index is -3.82. The van der Waals surface area contributed by atoms with E-state index >= 15 is 0 Å². The number of carbonyl (C=O) groups is 1. The van der Waals surface area contributed by atoms with Gasteiger partial charge in [-0.1, -0.05) is 30.3 Å². The molecule has 0 aromatic heterocycles. The molecule has 0 saturated carbocycles. The van der Waals surface area contributed by atoms with Crippen molar-refractivity contribution in [2.75, 3.05) is 53.0 Å². The zero-order valence-electron chi connectivity index (χ0n) is 18.6. The number of morpholine rings is 1. The normalized spacial score (nSPS) is 14.5. The van der Waals surface area contributed by atoms with Crippen LogP contribution in [0.5, 0.6) is 11.5 Å². The van der Waals surface area contributed by atoms with Crippen LogP contribution in [0.2, 0.25) is 0 Å². The smallest absolute Gasteiger partial charge is 0.279 e. The zero-order chi connectivity index (χ0) is 22.8. The first-order valence-electron chi connectivity index (χ1n) is 10.5. The molecule has 33 heavy (non-hydrogen) atoms. The lowest BCUT2D eigenvalue weighted by molar-refractivity contribution is -0.121. The summed E-state index contributed by atoms with van der Waals surface area (Å²) in [4.78, 5) is 14.3. The van der Waals surface area contributed by atoms with Crippen LogP contribution in [0.4, 0.5) is 0 Å². The van der Waals surface area contributed by atoms with Crippen molar-refractivity contribution in [2.45, 2.75) is 6.54 Å². The van der Waals surface area contributed by atoms with Crippen LogP contribution in [0.25, 0.3) is 0 Å². The molecule has 0 atom stereocenters. The van der Waals surface area contributed by atoms with Crippen molar-refractivity contribution in [1.82, 2.24) is 19.2 Å². The monoisotopic (exact) mass is 498 g/mol. The number of nitrogens with one attached hydrogen (secondary N) is 2. The van der Waals surface area contributed by atoms with Crippen LogP contribution < -0.4 is 14.8 Å². The van der Waals surface area contributed by atoms with E-state index in [0.29, 0.717) is 37.8 Å². The second-order valence-electron chi connectivity index (χ2n) is 7.45. The average Bonchev–Trinajstić information content (AvgIpc) is 2.79. The maximum absolute atomic E-state index is 12.5. The number of carbonyl (C=O) groups excluding carboxylic acids is 1. The lowest BCUT2D eigenvalue weighted by Crippen LogP contribution is -2.46. The lowest BCUT2D eigenvalue weighted by Gasteiger charge is -2.26. The highest BCUT2D eigenvalue weighted by atomic mass is 35.5. The number of para-hydroxylation sites is 1. The van der Waals surface area contributed by atoms with Crippen LogP contribution in [-0.4, -0.2) is 76.5 Å². The van der Waals surface area contributed by atoms with Gasteiger partial charge in [-0.05, 0) is 29.8 Å². The van der Waals surface area contributed by atoms with Gasteiger partial charge in [-0.15, -0.1) is 12.4 Å². The average molecular weight is 499 g/mol. The number of amides is 1. The molecule has 0 spiro atoms. The molecule has 182 valence electrons. The van der Waals surface area contributed by atoms with Crippen molar-refractivity contribution in [2.24, 2.45) is 0 Å². The number of ether oxygens (including phenoxy) is 2. The standard InChI is InChI=1S/C22H30N4O5S.ClH/c1-25(18-22(27)23-10-11-26-12-14-30-15-13-26)32(28,29)24-17-19-6-5-9-21(16-19)31-20-7-3-2-4-8-20;/h2-9,16,24H,10-15,17-18H2,1H3,(H,23,27);1H. The van der Waals surface area contributed by atoms with E-state index in [1.54, 1.807) is 24.3 Å². The lowest BCUT2D eigenvalue weighted by atomic mass is 10.2. The van der Waals surface area contributed by atoms with Gasteiger partial charge in [0.1, 0.15) is 11.5 Å². The van der Waals surface area contributed by atoms with E-state index in [1.165, 1.54) is 7.05 Å². The Hall–Kier alpha value is -2.21. The Morgan fingerprint density at radius 3 is 2.52 bits per heavy atom. The van der Waals surface area contributed by atoms with E-state index in [4.69, 9.17) is 9.47 Å². The maximum atomic E-state index is 12.5. The summed E-state index contributed by atoms with van der Waals surface area (Å²) in [5.41, 5.74) is 0.741. The SMILES string of the molecule is CN(CC(=O)NCCN1CCOCC1)S(=O)(=O)NCc1cccc(Oc2ccccc2)c1.Cl. The Labute approximate surface area is 201 Å². The Kier molecular flexibility index (Phi) is 11.0. The highest BCUT2D eigenvalue weighted by molar-refractivity contribution is 7.87. The summed E-state index contributed by atoms with van der Waals surface area (Å²) in [6, 6.07) is 16.5. The topological polar surface area (TPSA) is 100 Å². The van der Waals surface area contributed by atoms with Crippen molar-refractivity contribution in [3.8, 4) is 11.5 Å². The fraction of sp³-hybridized carbons (Fsp3) is 0.409.